The van der Waals surface area contributed by atoms with Crippen molar-refractivity contribution in [2.24, 2.45) is 10.2 Å². The molecule has 3 rings (SSSR count). The Morgan fingerprint density at radius 2 is 1.00 bits per heavy atom. The first-order valence-corrected chi connectivity index (χ1v) is 8.58. The summed E-state index contributed by atoms with van der Waals surface area (Å²) < 4.78 is 0. The van der Waals surface area contributed by atoms with Gasteiger partial charge in [-0.3, -0.25) is 30.2 Å². The van der Waals surface area contributed by atoms with Gasteiger partial charge >= 0.3 is 0 Å². The second kappa shape index (κ2) is 8.71. The van der Waals surface area contributed by atoms with Crippen LogP contribution in [0.15, 0.2) is 58.7 Å². The number of benzene rings is 2. The van der Waals surface area contributed by atoms with Crippen LogP contribution in [-0.4, -0.2) is 58.5 Å². The summed E-state index contributed by atoms with van der Waals surface area (Å²) in [4.78, 5) is 20.4. The van der Waals surface area contributed by atoms with E-state index < -0.39 is 9.85 Å². The lowest BCUT2D eigenvalue weighted by Crippen LogP contribution is -2.41. The quantitative estimate of drug-likeness (QED) is 0.430. The molecule has 10 heteroatoms. The molecule has 0 aliphatic carbocycles. The molecule has 0 N–H and O–H groups in total. The number of hydrogen-bond acceptors (Lipinski definition) is 8. The maximum absolute atomic E-state index is 10.7. The van der Waals surface area contributed by atoms with Gasteiger partial charge in [-0.25, -0.2) is 0 Å². The zero-order valence-electron chi connectivity index (χ0n) is 14.9. The van der Waals surface area contributed by atoms with Crippen molar-refractivity contribution in [1.29, 1.82) is 0 Å². The SMILES string of the molecule is O=[N+]([O-])c1ccc(/C=N/N2CCN(/N=C/c3ccc([N+](=O)[O-])cc3)CC2)cc1. The smallest absolute Gasteiger partial charge is 0.269 e. The maximum Gasteiger partial charge on any atom is 0.269 e. The first-order valence-electron chi connectivity index (χ1n) is 8.58. The van der Waals surface area contributed by atoms with Crippen LogP contribution in [-0.2, 0) is 0 Å². The van der Waals surface area contributed by atoms with Crippen molar-refractivity contribution < 1.29 is 9.85 Å². The molecule has 28 heavy (non-hydrogen) atoms. The Kier molecular flexibility index (Phi) is 5.90. The number of non-ortho nitro benzene ring substituents is 2. The average Bonchev–Trinajstić information content (AvgIpc) is 2.72. The van der Waals surface area contributed by atoms with Gasteiger partial charge in [0, 0.05) is 24.3 Å². The molecule has 0 amide bonds. The monoisotopic (exact) mass is 382 g/mol. The van der Waals surface area contributed by atoms with Gasteiger partial charge in [-0.2, -0.15) is 10.2 Å². The second-order valence-corrected chi connectivity index (χ2v) is 6.09. The summed E-state index contributed by atoms with van der Waals surface area (Å²) in [6.45, 7) is 2.78. The predicted molar refractivity (Wildman–Crippen MR) is 105 cm³/mol. The van der Waals surface area contributed by atoms with E-state index in [1.165, 1.54) is 24.3 Å². The van der Waals surface area contributed by atoms with Crippen molar-refractivity contribution in [2.75, 3.05) is 26.2 Å². The molecular formula is C18H18N6O4. The first kappa shape index (κ1) is 19.0. The molecule has 0 saturated carbocycles. The molecule has 0 bridgehead atoms. The Morgan fingerprint density at radius 1 is 0.679 bits per heavy atom. The molecule has 1 saturated heterocycles. The summed E-state index contributed by atoms with van der Waals surface area (Å²) in [6, 6.07) is 12.4. The van der Waals surface area contributed by atoms with Gasteiger partial charge in [-0.15, -0.1) is 0 Å². The summed E-state index contributed by atoms with van der Waals surface area (Å²) in [5, 5.41) is 33.9. The molecule has 1 fully saturated rings. The third-order valence-electron chi connectivity index (χ3n) is 4.18. The number of piperazine rings is 1. The largest absolute Gasteiger partial charge is 0.293 e. The van der Waals surface area contributed by atoms with E-state index in [4.69, 9.17) is 0 Å². The Balaban J connectivity index is 1.48. The lowest BCUT2D eigenvalue weighted by Gasteiger charge is -2.31. The highest BCUT2D eigenvalue weighted by Crippen LogP contribution is 2.12. The van der Waals surface area contributed by atoms with Gasteiger partial charge < -0.3 is 0 Å². The fourth-order valence-electron chi connectivity index (χ4n) is 2.58. The van der Waals surface area contributed by atoms with Crippen molar-refractivity contribution >= 4 is 23.8 Å². The second-order valence-electron chi connectivity index (χ2n) is 6.09. The van der Waals surface area contributed by atoms with Gasteiger partial charge in [-0.05, 0) is 35.4 Å². The molecule has 10 nitrogen and oxygen atoms in total. The minimum Gasteiger partial charge on any atom is -0.293 e. The van der Waals surface area contributed by atoms with E-state index in [-0.39, 0.29) is 11.4 Å². The highest BCUT2D eigenvalue weighted by molar-refractivity contribution is 5.80. The molecule has 144 valence electrons. The van der Waals surface area contributed by atoms with E-state index in [2.05, 4.69) is 10.2 Å². The number of nitrogens with zero attached hydrogens (tertiary/aromatic N) is 6. The Bertz CT molecular complexity index is 812. The van der Waals surface area contributed by atoms with Crippen LogP contribution in [0, 0.1) is 20.2 Å². The van der Waals surface area contributed by atoms with Crippen molar-refractivity contribution in [1.82, 2.24) is 10.0 Å². The molecule has 0 aromatic heterocycles. The number of hydrogen-bond donors (Lipinski definition) is 0. The summed E-state index contributed by atoms with van der Waals surface area (Å²) in [7, 11) is 0. The lowest BCUT2D eigenvalue weighted by molar-refractivity contribution is -0.385. The predicted octanol–water partition coefficient (Wildman–Crippen LogP) is 2.49. The highest BCUT2D eigenvalue weighted by Gasteiger charge is 2.13. The van der Waals surface area contributed by atoms with Crippen LogP contribution in [0.4, 0.5) is 11.4 Å². The Morgan fingerprint density at radius 3 is 1.29 bits per heavy atom. The fraction of sp³-hybridized carbons (Fsp3) is 0.222. The number of rotatable bonds is 6. The zero-order valence-corrected chi connectivity index (χ0v) is 14.9. The topological polar surface area (TPSA) is 117 Å². The molecule has 2 aromatic rings. The first-order chi connectivity index (χ1) is 13.5. The molecule has 0 atom stereocenters. The minimum absolute atomic E-state index is 0.0525. The van der Waals surface area contributed by atoms with Gasteiger partial charge in [0.1, 0.15) is 0 Å². The van der Waals surface area contributed by atoms with Crippen LogP contribution in [0.2, 0.25) is 0 Å². The molecule has 1 aliphatic heterocycles. The van der Waals surface area contributed by atoms with Crippen molar-refractivity contribution in [2.45, 2.75) is 0 Å². The summed E-state index contributed by atoms with van der Waals surface area (Å²) in [6.07, 6.45) is 3.36. The maximum atomic E-state index is 10.7. The van der Waals surface area contributed by atoms with Crippen molar-refractivity contribution in [3.8, 4) is 0 Å². The molecule has 0 unspecified atom stereocenters. The van der Waals surface area contributed by atoms with Crippen LogP contribution < -0.4 is 0 Å². The van der Waals surface area contributed by atoms with Crippen molar-refractivity contribution in [3.05, 3.63) is 79.9 Å². The fourth-order valence-corrected chi connectivity index (χ4v) is 2.58. The van der Waals surface area contributed by atoms with Gasteiger partial charge in [0.2, 0.25) is 0 Å². The van der Waals surface area contributed by atoms with Gasteiger partial charge in [0.25, 0.3) is 11.4 Å². The third-order valence-corrected chi connectivity index (χ3v) is 4.18. The summed E-state index contributed by atoms with van der Waals surface area (Å²) >= 11 is 0. The molecule has 2 aromatic carbocycles. The van der Waals surface area contributed by atoms with E-state index in [9.17, 15) is 20.2 Å². The van der Waals surface area contributed by atoms with Crippen LogP contribution >= 0.6 is 0 Å². The summed E-state index contributed by atoms with van der Waals surface area (Å²) in [5.41, 5.74) is 1.70. The number of hydrazone groups is 2. The summed E-state index contributed by atoms with van der Waals surface area (Å²) in [5.74, 6) is 0. The zero-order chi connectivity index (χ0) is 19.9. The Labute approximate surface area is 160 Å². The standard InChI is InChI=1S/C18H18N6O4/c25-23(26)17-5-1-15(2-6-17)13-19-21-9-11-22(12-10-21)20-14-16-3-7-18(8-4-16)24(27)28/h1-8,13-14H,9-12H2/b19-13+,20-14+. The number of nitro groups is 2. The van der Waals surface area contributed by atoms with Crippen LogP contribution in [0.3, 0.4) is 0 Å². The minimum atomic E-state index is -0.433. The van der Waals surface area contributed by atoms with Gasteiger partial charge in [-0.1, -0.05) is 0 Å². The molecular weight excluding hydrogens is 364 g/mol. The van der Waals surface area contributed by atoms with Crippen molar-refractivity contribution in [3.63, 3.8) is 0 Å². The third kappa shape index (κ3) is 5.10. The van der Waals surface area contributed by atoms with E-state index in [1.54, 1.807) is 36.7 Å². The van der Waals surface area contributed by atoms with E-state index in [1.807, 2.05) is 10.0 Å². The van der Waals surface area contributed by atoms with E-state index >= 15 is 0 Å². The highest BCUT2D eigenvalue weighted by atomic mass is 16.6. The molecule has 0 spiro atoms. The molecule has 0 radical (unpaired) electrons. The van der Waals surface area contributed by atoms with Crippen LogP contribution in [0.5, 0.6) is 0 Å². The number of nitro benzene ring substituents is 2. The van der Waals surface area contributed by atoms with Crippen LogP contribution in [0.1, 0.15) is 11.1 Å². The molecule has 1 aliphatic rings. The Hall–Kier alpha value is -3.82. The van der Waals surface area contributed by atoms with Crippen LogP contribution in [0.25, 0.3) is 0 Å². The normalized spacial score (nSPS) is 14.7. The van der Waals surface area contributed by atoms with E-state index in [0.29, 0.717) is 26.2 Å². The van der Waals surface area contributed by atoms with E-state index in [0.717, 1.165) is 11.1 Å². The van der Waals surface area contributed by atoms with Gasteiger partial charge in [0.15, 0.2) is 0 Å². The lowest BCUT2D eigenvalue weighted by atomic mass is 10.2. The van der Waals surface area contributed by atoms with Gasteiger partial charge in [0.05, 0.1) is 48.5 Å². The average molecular weight is 382 g/mol. The molecule has 1 heterocycles.